The molecule has 6 heteroatoms. The van der Waals surface area contributed by atoms with Gasteiger partial charge in [-0.05, 0) is 37.1 Å². The minimum Gasteiger partial charge on any atom is -0.490 e. The van der Waals surface area contributed by atoms with Crippen LogP contribution in [0.2, 0.25) is 0 Å². The van der Waals surface area contributed by atoms with Crippen molar-refractivity contribution in [1.82, 2.24) is 9.55 Å². The third-order valence-corrected chi connectivity index (χ3v) is 5.35. The number of hydrogen-bond donors (Lipinski definition) is 1. The molecule has 3 aromatic rings. The fraction of sp³-hybridized carbons (Fsp3) is 0.333. The van der Waals surface area contributed by atoms with Crippen molar-refractivity contribution in [2.24, 2.45) is 12.8 Å². The minimum atomic E-state index is -0.578. The van der Waals surface area contributed by atoms with Crippen molar-refractivity contribution in [2.75, 3.05) is 20.3 Å². The maximum Gasteiger partial charge on any atom is 0.229 e. The Labute approximate surface area is 157 Å². The SMILES string of the molecule is COCCOc1ccccc1-c1cc2cc(C3(C(N)=O)CC3)ncc2n1C. The second-order valence-electron chi connectivity index (χ2n) is 7.00. The first-order valence-corrected chi connectivity index (χ1v) is 9.04. The van der Waals surface area contributed by atoms with E-state index in [9.17, 15) is 4.79 Å². The number of rotatable bonds is 7. The van der Waals surface area contributed by atoms with Crippen molar-refractivity contribution < 1.29 is 14.3 Å². The van der Waals surface area contributed by atoms with E-state index in [0.29, 0.717) is 13.2 Å². The van der Waals surface area contributed by atoms with E-state index in [0.717, 1.165) is 46.4 Å². The van der Waals surface area contributed by atoms with Crippen molar-refractivity contribution in [3.05, 3.63) is 48.3 Å². The Hall–Kier alpha value is -2.86. The van der Waals surface area contributed by atoms with Crippen molar-refractivity contribution >= 4 is 16.8 Å². The van der Waals surface area contributed by atoms with Gasteiger partial charge in [0.1, 0.15) is 12.4 Å². The van der Waals surface area contributed by atoms with Gasteiger partial charge in [0.25, 0.3) is 0 Å². The fourth-order valence-corrected chi connectivity index (χ4v) is 3.55. The van der Waals surface area contributed by atoms with Crippen LogP contribution in [-0.2, 0) is 22.0 Å². The zero-order valence-corrected chi connectivity index (χ0v) is 15.6. The number of amides is 1. The lowest BCUT2D eigenvalue weighted by molar-refractivity contribution is -0.120. The topological polar surface area (TPSA) is 79.4 Å². The van der Waals surface area contributed by atoms with Crippen LogP contribution in [0, 0.1) is 0 Å². The van der Waals surface area contributed by atoms with Crippen molar-refractivity contribution in [3.63, 3.8) is 0 Å². The van der Waals surface area contributed by atoms with E-state index >= 15 is 0 Å². The molecule has 4 rings (SSSR count). The number of primary amides is 1. The Morgan fingerprint density at radius 1 is 1.26 bits per heavy atom. The van der Waals surface area contributed by atoms with E-state index in [1.807, 2.05) is 43.6 Å². The second-order valence-corrected chi connectivity index (χ2v) is 7.00. The number of benzene rings is 1. The molecule has 1 saturated carbocycles. The second kappa shape index (κ2) is 6.70. The van der Waals surface area contributed by atoms with Crippen LogP contribution in [0.25, 0.3) is 22.2 Å². The molecule has 1 aromatic carbocycles. The van der Waals surface area contributed by atoms with Crippen LogP contribution < -0.4 is 10.5 Å². The van der Waals surface area contributed by atoms with Gasteiger partial charge in [-0.15, -0.1) is 0 Å². The van der Waals surface area contributed by atoms with Crippen LogP contribution in [0.3, 0.4) is 0 Å². The molecule has 1 aliphatic rings. The maximum absolute atomic E-state index is 11.8. The van der Waals surface area contributed by atoms with E-state index in [1.165, 1.54) is 0 Å². The predicted molar refractivity (Wildman–Crippen MR) is 104 cm³/mol. The zero-order chi connectivity index (χ0) is 19.0. The summed E-state index contributed by atoms with van der Waals surface area (Å²) in [7, 11) is 3.66. The number of hydrogen-bond acceptors (Lipinski definition) is 4. The summed E-state index contributed by atoms with van der Waals surface area (Å²) in [6, 6.07) is 12.0. The molecule has 0 spiro atoms. The van der Waals surface area contributed by atoms with Gasteiger partial charge in [-0.2, -0.15) is 0 Å². The van der Waals surface area contributed by atoms with Crippen LogP contribution in [-0.4, -0.2) is 35.8 Å². The Kier molecular flexibility index (Phi) is 4.36. The molecule has 0 radical (unpaired) electrons. The summed E-state index contributed by atoms with van der Waals surface area (Å²) >= 11 is 0. The summed E-state index contributed by atoms with van der Waals surface area (Å²) in [5.41, 5.74) is 8.83. The van der Waals surface area contributed by atoms with Crippen LogP contribution in [0.4, 0.5) is 0 Å². The van der Waals surface area contributed by atoms with Crippen LogP contribution in [0.1, 0.15) is 18.5 Å². The van der Waals surface area contributed by atoms with Crippen LogP contribution in [0.5, 0.6) is 5.75 Å². The first kappa shape index (κ1) is 17.5. The molecular formula is C21H23N3O3. The summed E-state index contributed by atoms with van der Waals surface area (Å²) in [6.07, 6.45) is 3.37. The molecule has 0 aliphatic heterocycles. The van der Waals surface area contributed by atoms with Gasteiger partial charge >= 0.3 is 0 Å². The largest absolute Gasteiger partial charge is 0.490 e. The highest BCUT2D eigenvalue weighted by atomic mass is 16.5. The van der Waals surface area contributed by atoms with Crippen molar-refractivity contribution in [1.29, 1.82) is 0 Å². The average Bonchev–Trinajstić information content (AvgIpc) is 3.43. The highest BCUT2D eigenvalue weighted by Crippen LogP contribution is 2.47. The normalized spacial score (nSPS) is 15.0. The Morgan fingerprint density at radius 3 is 2.74 bits per heavy atom. The number of nitrogens with two attached hydrogens (primary N) is 1. The number of ether oxygens (including phenoxy) is 2. The molecule has 1 aliphatic carbocycles. The highest BCUT2D eigenvalue weighted by Gasteiger charge is 2.51. The third-order valence-electron chi connectivity index (χ3n) is 5.35. The van der Waals surface area contributed by atoms with Crippen LogP contribution >= 0.6 is 0 Å². The lowest BCUT2D eigenvalue weighted by Crippen LogP contribution is -2.29. The number of fused-ring (bicyclic) bond motifs is 1. The van der Waals surface area contributed by atoms with Crippen LogP contribution in [0.15, 0.2) is 42.6 Å². The van der Waals surface area contributed by atoms with E-state index in [-0.39, 0.29) is 5.91 Å². The number of methoxy groups -OCH3 is 1. The lowest BCUT2D eigenvalue weighted by Gasteiger charge is -2.12. The van der Waals surface area contributed by atoms with E-state index in [2.05, 4.69) is 15.6 Å². The van der Waals surface area contributed by atoms with Gasteiger partial charge in [0.05, 0.1) is 35.1 Å². The van der Waals surface area contributed by atoms with Crippen molar-refractivity contribution in [2.45, 2.75) is 18.3 Å². The van der Waals surface area contributed by atoms with E-state index in [1.54, 1.807) is 7.11 Å². The molecule has 1 fully saturated rings. The van der Waals surface area contributed by atoms with Gasteiger partial charge < -0.3 is 19.8 Å². The van der Waals surface area contributed by atoms with Gasteiger partial charge in [-0.25, -0.2) is 0 Å². The van der Waals surface area contributed by atoms with Gasteiger partial charge in [-0.3, -0.25) is 9.78 Å². The minimum absolute atomic E-state index is 0.289. The molecule has 2 aromatic heterocycles. The number of aromatic nitrogens is 2. The quantitative estimate of drug-likeness (QED) is 0.653. The Morgan fingerprint density at radius 2 is 2.04 bits per heavy atom. The Balaban J connectivity index is 1.76. The van der Waals surface area contributed by atoms with Gasteiger partial charge in [-0.1, -0.05) is 12.1 Å². The third kappa shape index (κ3) is 2.96. The zero-order valence-electron chi connectivity index (χ0n) is 15.6. The standard InChI is InChI=1S/C21H23N3O3/c1-24-16(15-5-3-4-6-18(15)27-10-9-26-2)11-14-12-19(23-13-17(14)24)21(7-8-21)20(22)25/h3-6,11-13H,7-10H2,1-2H3,(H2,22,25). The van der Waals surface area contributed by atoms with E-state index < -0.39 is 5.41 Å². The number of pyridine rings is 1. The van der Waals surface area contributed by atoms with Gasteiger partial charge in [0.15, 0.2) is 0 Å². The number of aryl methyl sites for hydroxylation is 1. The number of para-hydroxylation sites is 1. The lowest BCUT2D eigenvalue weighted by atomic mass is 10.00. The smallest absolute Gasteiger partial charge is 0.229 e. The molecule has 1 amide bonds. The number of nitrogens with zero attached hydrogens (tertiary/aromatic N) is 2. The molecule has 0 bridgehead atoms. The molecule has 0 unspecified atom stereocenters. The molecule has 27 heavy (non-hydrogen) atoms. The fourth-order valence-electron chi connectivity index (χ4n) is 3.55. The van der Waals surface area contributed by atoms with Crippen molar-refractivity contribution in [3.8, 4) is 17.0 Å². The molecule has 0 saturated heterocycles. The maximum atomic E-state index is 11.8. The molecular weight excluding hydrogens is 342 g/mol. The first-order valence-electron chi connectivity index (χ1n) is 9.04. The first-order chi connectivity index (χ1) is 13.1. The molecule has 2 heterocycles. The monoisotopic (exact) mass is 365 g/mol. The summed E-state index contributed by atoms with van der Waals surface area (Å²) in [5.74, 6) is 0.520. The molecule has 0 atom stereocenters. The summed E-state index contributed by atoms with van der Waals surface area (Å²) < 4.78 is 13.1. The van der Waals surface area contributed by atoms with Gasteiger partial charge in [0.2, 0.25) is 5.91 Å². The summed E-state index contributed by atoms with van der Waals surface area (Å²) in [6.45, 7) is 1.02. The Bertz CT molecular complexity index is 1010. The average molecular weight is 365 g/mol. The molecule has 6 nitrogen and oxygen atoms in total. The number of carbonyl (C=O) groups excluding carboxylic acids is 1. The van der Waals surface area contributed by atoms with E-state index in [4.69, 9.17) is 15.2 Å². The molecule has 2 N–H and O–H groups in total. The number of carbonyl (C=O) groups is 1. The van der Waals surface area contributed by atoms with Gasteiger partial charge in [0, 0.05) is 25.1 Å². The molecule has 140 valence electrons. The predicted octanol–water partition coefficient (Wildman–Crippen LogP) is 2.78. The summed E-state index contributed by atoms with van der Waals surface area (Å²) in [4.78, 5) is 16.4. The highest BCUT2D eigenvalue weighted by molar-refractivity contribution is 5.92. The summed E-state index contributed by atoms with van der Waals surface area (Å²) in [5, 5.41) is 1.04.